The fourth-order valence-corrected chi connectivity index (χ4v) is 3.65. The van der Waals surface area contributed by atoms with Crippen LogP contribution in [0.2, 0.25) is 0 Å². The molecule has 3 N–H and O–H groups in total. The molecule has 2 fully saturated rings. The molecule has 1 aromatic heterocycles. The summed E-state index contributed by atoms with van der Waals surface area (Å²) in [5.74, 6) is 0.142. The molecule has 19 heavy (non-hydrogen) atoms. The van der Waals surface area contributed by atoms with Crippen molar-refractivity contribution < 1.29 is 9.53 Å². The van der Waals surface area contributed by atoms with Crippen molar-refractivity contribution in [3.8, 4) is 0 Å². The Kier molecular flexibility index (Phi) is 3.22. The second kappa shape index (κ2) is 4.76. The van der Waals surface area contributed by atoms with E-state index >= 15 is 0 Å². The first kappa shape index (κ1) is 12.9. The SMILES string of the molecule is NC(=O)OC1CC2(CCNC2)C1c1ccc(Br)cn1. The van der Waals surface area contributed by atoms with Crippen molar-refractivity contribution in [2.75, 3.05) is 13.1 Å². The van der Waals surface area contributed by atoms with Gasteiger partial charge in [-0.15, -0.1) is 0 Å². The van der Waals surface area contributed by atoms with Crippen LogP contribution in [-0.4, -0.2) is 30.3 Å². The Morgan fingerprint density at radius 3 is 3.00 bits per heavy atom. The second-order valence-electron chi connectivity index (χ2n) is 5.35. The third-order valence-corrected chi connectivity index (χ3v) is 4.72. The average Bonchev–Trinajstić information content (AvgIpc) is 2.82. The largest absolute Gasteiger partial charge is 0.446 e. The van der Waals surface area contributed by atoms with Crippen LogP contribution in [0.15, 0.2) is 22.8 Å². The lowest BCUT2D eigenvalue weighted by Gasteiger charge is -2.51. The standard InChI is InChI=1S/C13H16BrN3O2/c14-8-1-2-9(17-6-8)11-10(19-12(15)18)5-13(11)3-4-16-7-13/h1-2,6,10-11,16H,3-5,7H2,(H2,15,18). The van der Waals surface area contributed by atoms with E-state index in [4.69, 9.17) is 10.5 Å². The normalized spacial score (nSPS) is 33.1. The highest BCUT2D eigenvalue weighted by Crippen LogP contribution is 2.57. The van der Waals surface area contributed by atoms with Crippen LogP contribution in [0.4, 0.5) is 4.79 Å². The number of carbonyl (C=O) groups is 1. The Morgan fingerprint density at radius 2 is 2.42 bits per heavy atom. The van der Waals surface area contributed by atoms with E-state index in [0.29, 0.717) is 0 Å². The number of rotatable bonds is 2. The van der Waals surface area contributed by atoms with Gasteiger partial charge in [0.1, 0.15) is 6.10 Å². The van der Waals surface area contributed by atoms with Crippen LogP contribution < -0.4 is 11.1 Å². The van der Waals surface area contributed by atoms with Crippen molar-refractivity contribution in [2.24, 2.45) is 11.1 Å². The number of primary amides is 1. The number of ether oxygens (including phenoxy) is 1. The molecule has 0 bridgehead atoms. The zero-order valence-electron chi connectivity index (χ0n) is 10.4. The Morgan fingerprint density at radius 1 is 1.58 bits per heavy atom. The predicted molar refractivity (Wildman–Crippen MR) is 73.7 cm³/mol. The molecule has 0 aromatic carbocycles. The molecule has 0 radical (unpaired) electrons. The molecular weight excluding hydrogens is 310 g/mol. The van der Waals surface area contributed by atoms with Crippen LogP contribution in [0.5, 0.6) is 0 Å². The summed E-state index contributed by atoms with van der Waals surface area (Å²) in [6.45, 7) is 1.96. The second-order valence-corrected chi connectivity index (χ2v) is 6.26. The monoisotopic (exact) mass is 325 g/mol. The van der Waals surface area contributed by atoms with Crippen LogP contribution >= 0.6 is 15.9 Å². The van der Waals surface area contributed by atoms with Gasteiger partial charge in [-0.05, 0) is 52.9 Å². The number of nitrogens with one attached hydrogen (secondary N) is 1. The van der Waals surface area contributed by atoms with Gasteiger partial charge in [-0.3, -0.25) is 4.98 Å². The molecule has 5 nitrogen and oxygen atoms in total. The minimum absolute atomic E-state index is 0.142. The topological polar surface area (TPSA) is 77.2 Å². The summed E-state index contributed by atoms with van der Waals surface area (Å²) in [5, 5.41) is 3.39. The maximum Gasteiger partial charge on any atom is 0.404 e. The molecule has 102 valence electrons. The maximum atomic E-state index is 11.0. The molecular formula is C13H16BrN3O2. The summed E-state index contributed by atoms with van der Waals surface area (Å²) in [6, 6.07) is 3.96. The molecule has 2 aliphatic rings. The molecule has 1 saturated carbocycles. The Labute approximate surface area is 120 Å². The molecule has 2 heterocycles. The van der Waals surface area contributed by atoms with E-state index in [1.165, 1.54) is 0 Å². The van der Waals surface area contributed by atoms with Crippen LogP contribution in [0.3, 0.4) is 0 Å². The molecule has 1 aliphatic heterocycles. The fourth-order valence-electron chi connectivity index (χ4n) is 3.42. The third kappa shape index (κ3) is 2.23. The maximum absolute atomic E-state index is 11.0. The van der Waals surface area contributed by atoms with Gasteiger partial charge in [0.25, 0.3) is 0 Å². The van der Waals surface area contributed by atoms with Crippen molar-refractivity contribution in [3.63, 3.8) is 0 Å². The van der Waals surface area contributed by atoms with Crippen molar-refractivity contribution >= 4 is 22.0 Å². The molecule has 1 aromatic rings. The van der Waals surface area contributed by atoms with E-state index in [1.54, 1.807) is 6.20 Å². The molecule has 1 spiro atoms. The number of amides is 1. The van der Waals surface area contributed by atoms with E-state index in [9.17, 15) is 4.79 Å². The highest BCUT2D eigenvalue weighted by molar-refractivity contribution is 9.10. The van der Waals surface area contributed by atoms with E-state index in [0.717, 1.165) is 36.1 Å². The van der Waals surface area contributed by atoms with Gasteiger partial charge in [-0.25, -0.2) is 4.79 Å². The molecule has 1 amide bonds. The zero-order valence-corrected chi connectivity index (χ0v) is 12.0. The van der Waals surface area contributed by atoms with Crippen LogP contribution in [0.25, 0.3) is 0 Å². The summed E-state index contributed by atoms with van der Waals surface area (Å²) >= 11 is 3.38. The first-order chi connectivity index (χ1) is 9.11. The lowest BCUT2D eigenvalue weighted by Crippen LogP contribution is -2.53. The Bertz CT molecular complexity index is 485. The molecule has 1 saturated heterocycles. The van der Waals surface area contributed by atoms with Gasteiger partial charge < -0.3 is 15.8 Å². The van der Waals surface area contributed by atoms with Crippen molar-refractivity contribution in [3.05, 3.63) is 28.5 Å². The Balaban J connectivity index is 1.87. The lowest BCUT2D eigenvalue weighted by atomic mass is 9.56. The van der Waals surface area contributed by atoms with Gasteiger partial charge in [0.05, 0.1) is 0 Å². The van der Waals surface area contributed by atoms with E-state index in [1.807, 2.05) is 12.1 Å². The van der Waals surface area contributed by atoms with Gasteiger partial charge in [-0.2, -0.15) is 0 Å². The molecule has 3 atom stereocenters. The van der Waals surface area contributed by atoms with Crippen molar-refractivity contribution in [1.29, 1.82) is 0 Å². The number of hydrogen-bond acceptors (Lipinski definition) is 4. The quantitative estimate of drug-likeness (QED) is 0.868. The number of hydrogen-bond donors (Lipinski definition) is 2. The van der Waals surface area contributed by atoms with Gasteiger partial charge in [0, 0.05) is 28.8 Å². The average molecular weight is 326 g/mol. The summed E-state index contributed by atoms with van der Waals surface area (Å²) < 4.78 is 6.18. The third-order valence-electron chi connectivity index (χ3n) is 4.25. The van der Waals surface area contributed by atoms with Crippen molar-refractivity contribution in [1.82, 2.24) is 10.3 Å². The number of halogens is 1. The minimum atomic E-state index is -0.701. The summed E-state index contributed by atoms with van der Waals surface area (Å²) in [7, 11) is 0. The van der Waals surface area contributed by atoms with Gasteiger partial charge >= 0.3 is 6.09 Å². The first-order valence-electron chi connectivity index (χ1n) is 6.39. The summed E-state index contributed by atoms with van der Waals surface area (Å²) in [5.41, 5.74) is 6.29. The van der Waals surface area contributed by atoms with Crippen LogP contribution in [0.1, 0.15) is 24.5 Å². The van der Waals surface area contributed by atoms with Gasteiger partial charge in [-0.1, -0.05) is 0 Å². The van der Waals surface area contributed by atoms with E-state index in [-0.39, 0.29) is 17.4 Å². The highest BCUT2D eigenvalue weighted by Gasteiger charge is 2.57. The lowest BCUT2D eigenvalue weighted by molar-refractivity contribution is -0.0587. The summed E-state index contributed by atoms with van der Waals surface area (Å²) in [4.78, 5) is 15.5. The number of pyridine rings is 1. The fraction of sp³-hybridized carbons (Fsp3) is 0.538. The minimum Gasteiger partial charge on any atom is -0.446 e. The summed E-state index contributed by atoms with van der Waals surface area (Å²) in [6.07, 6.45) is 2.89. The molecule has 3 rings (SSSR count). The van der Waals surface area contributed by atoms with Crippen molar-refractivity contribution in [2.45, 2.75) is 24.9 Å². The van der Waals surface area contributed by atoms with Gasteiger partial charge in [0.2, 0.25) is 0 Å². The van der Waals surface area contributed by atoms with E-state index < -0.39 is 6.09 Å². The zero-order chi connectivity index (χ0) is 13.5. The molecule has 1 aliphatic carbocycles. The van der Waals surface area contributed by atoms with E-state index in [2.05, 4.69) is 26.2 Å². The predicted octanol–water partition coefficient (Wildman–Crippen LogP) is 1.77. The highest BCUT2D eigenvalue weighted by atomic mass is 79.9. The van der Waals surface area contributed by atoms with Gasteiger partial charge in [0.15, 0.2) is 0 Å². The number of nitrogens with two attached hydrogens (primary N) is 1. The molecule has 6 heteroatoms. The number of aromatic nitrogens is 1. The van der Waals surface area contributed by atoms with Crippen LogP contribution in [0, 0.1) is 5.41 Å². The number of nitrogens with zero attached hydrogens (tertiary/aromatic N) is 1. The van der Waals surface area contributed by atoms with Crippen LogP contribution in [-0.2, 0) is 4.74 Å². The Hall–Kier alpha value is -1.14. The smallest absolute Gasteiger partial charge is 0.404 e. The first-order valence-corrected chi connectivity index (χ1v) is 7.18. The number of carbonyl (C=O) groups excluding carboxylic acids is 1. The molecule has 3 unspecified atom stereocenters.